The van der Waals surface area contributed by atoms with Gasteiger partial charge in [-0.05, 0) is 30.0 Å². The first-order valence-electron chi connectivity index (χ1n) is 6.59. The summed E-state index contributed by atoms with van der Waals surface area (Å²) in [5.74, 6) is 0. The maximum atomic E-state index is 12.0. The van der Waals surface area contributed by atoms with Crippen LogP contribution in [0, 0.1) is 0 Å². The summed E-state index contributed by atoms with van der Waals surface area (Å²) < 4.78 is 41.9. The fraction of sp³-hybridized carbons (Fsp3) is 0.571. The molecule has 0 amide bonds. The van der Waals surface area contributed by atoms with E-state index in [0.717, 1.165) is 22.1 Å². The van der Waals surface area contributed by atoms with Gasteiger partial charge in [-0.2, -0.15) is 13.2 Å². The molecule has 1 aromatic rings. The van der Waals surface area contributed by atoms with Gasteiger partial charge < -0.3 is 10.1 Å². The first-order chi connectivity index (χ1) is 9.44. The predicted octanol–water partition coefficient (Wildman–Crippen LogP) is 4.17. The Morgan fingerprint density at radius 2 is 2.05 bits per heavy atom. The molecular weight excluding hydrogens is 335 g/mol. The first kappa shape index (κ1) is 15.8. The van der Waals surface area contributed by atoms with Crippen molar-refractivity contribution < 1.29 is 17.9 Å². The van der Waals surface area contributed by atoms with Gasteiger partial charge in [-0.3, -0.25) is 0 Å². The first-order valence-corrected chi connectivity index (χ1v) is 7.38. The molecule has 6 heteroatoms. The van der Waals surface area contributed by atoms with E-state index in [1.165, 1.54) is 12.8 Å². The van der Waals surface area contributed by atoms with Crippen molar-refractivity contribution >= 4 is 15.9 Å². The number of alkyl halides is 3. The Kier molecular flexibility index (Phi) is 5.46. The zero-order valence-electron chi connectivity index (χ0n) is 11.0. The van der Waals surface area contributed by atoms with Gasteiger partial charge in [-0.25, -0.2) is 0 Å². The van der Waals surface area contributed by atoms with E-state index in [0.29, 0.717) is 6.04 Å². The fourth-order valence-corrected chi connectivity index (χ4v) is 2.28. The fourth-order valence-electron chi connectivity index (χ4n) is 1.74. The van der Waals surface area contributed by atoms with Gasteiger partial charge in [0.25, 0.3) is 0 Å². The highest BCUT2D eigenvalue weighted by atomic mass is 79.9. The van der Waals surface area contributed by atoms with Crippen LogP contribution in [0.25, 0.3) is 0 Å². The lowest BCUT2D eigenvalue weighted by atomic mass is 10.1. The molecule has 0 saturated heterocycles. The lowest BCUT2D eigenvalue weighted by Crippen LogP contribution is -2.15. The normalized spacial score (nSPS) is 15.6. The third kappa shape index (κ3) is 5.81. The Morgan fingerprint density at radius 1 is 1.30 bits per heavy atom. The average molecular weight is 352 g/mol. The topological polar surface area (TPSA) is 21.3 Å². The zero-order chi connectivity index (χ0) is 14.6. The third-order valence-corrected chi connectivity index (χ3v) is 3.82. The van der Waals surface area contributed by atoms with Crippen LogP contribution < -0.4 is 5.32 Å². The molecule has 1 aliphatic carbocycles. The molecule has 2 nitrogen and oxygen atoms in total. The van der Waals surface area contributed by atoms with Crippen molar-refractivity contribution in [1.29, 1.82) is 0 Å². The summed E-state index contributed by atoms with van der Waals surface area (Å²) in [7, 11) is 0. The van der Waals surface area contributed by atoms with Gasteiger partial charge in [0.1, 0.15) is 0 Å². The molecular formula is C14H17BrF3NO. The van der Waals surface area contributed by atoms with Gasteiger partial charge in [0.15, 0.2) is 0 Å². The molecule has 1 aliphatic rings. The second kappa shape index (κ2) is 6.91. The second-order valence-corrected chi connectivity index (χ2v) is 5.85. The highest BCUT2D eigenvalue weighted by Gasteiger charge is 2.26. The van der Waals surface area contributed by atoms with Crippen molar-refractivity contribution in [3.05, 3.63) is 33.8 Å². The third-order valence-electron chi connectivity index (χ3n) is 3.08. The van der Waals surface area contributed by atoms with Gasteiger partial charge in [0.2, 0.25) is 0 Å². The second-order valence-electron chi connectivity index (χ2n) is 5.00. The Balaban J connectivity index is 1.76. The van der Waals surface area contributed by atoms with E-state index < -0.39 is 12.6 Å². The molecule has 1 fully saturated rings. The standard InChI is InChI=1S/C14H17BrF3NO/c15-13-7-10(8-19-12-3-4-12)1-2-11(13)9-20-6-5-14(16,17)18/h1-2,7,12,19H,3-6,8-9H2. The molecule has 2 rings (SSSR count). The van der Waals surface area contributed by atoms with Crippen LogP contribution in [-0.4, -0.2) is 18.8 Å². The van der Waals surface area contributed by atoms with Crippen LogP contribution in [0.1, 0.15) is 30.4 Å². The van der Waals surface area contributed by atoms with Gasteiger partial charge in [0, 0.05) is 17.1 Å². The molecule has 20 heavy (non-hydrogen) atoms. The minimum atomic E-state index is -4.16. The highest BCUT2D eigenvalue weighted by Crippen LogP contribution is 2.23. The lowest BCUT2D eigenvalue weighted by molar-refractivity contribution is -0.146. The maximum Gasteiger partial charge on any atom is 0.391 e. The van der Waals surface area contributed by atoms with Crippen molar-refractivity contribution in [3.8, 4) is 0 Å². The zero-order valence-corrected chi connectivity index (χ0v) is 12.6. The molecule has 1 saturated carbocycles. The highest BCUT2D eigenvalue weighted by molar-refractivity contribution is 9.10. The number of hydrogen-bond donors (Lipinski definition) is 1. The molecule has 112 valence electrons. The quantitative estimate of drug-likeness (QED) is 0.744. The van der Waals surface area contributed by atoms with Crippen molar-refractivity contribution in [2.24, 2.45) is 0 Å². The van der Waals surface area contributed by atoms with Crippen LogP contribution >= 0.6 is 15.9 Å². The van der Waals surface area contributed by atoms with Crippen LogP contribution in [0.3, 0.4) is 0 Å². The van der Waals surface area contributed by atoms with E-state index in [4.69, 9.17) is 4.74 Å². The van der Waals surface area contributed by atoms with E-state index in [9.17, 15) is 13.2 Å². The molecule has 0 aromatic heterocycles. The lowest BCUT2D eigenvalue weighted by Gasteiger charge is -2.10. The van der Waals surface area contributed by atoms with Crippen molar-refractivity contribution in [1.82, 2.24) is 5.32 Å². The van der Waals surface area contributed by atoms with E-state index in [2.05, 4.69) is 21.2 Å². The van der Waals surface area contributed by atoms with Gasteiger partial charge >= 0.3 is 6.18 Å². The Hall–Kier alpha value is -0.590. The minimum Gasteiger partial charge on any atom is -0.376 e. The SMILES string of the molecule is FC(F)(F)CCOCc1ccc(CNC2CC2)cc1Br. The Labute approximate surface area is 124 Å². The van der Waals surface area contributed by atoms with Crippen LogP contribution in [0.2, 0.25) is 0 Å². The van der Waals surface area contributed by atoms with Crippen LogP contribution in [-0.2, 0) is 17.9 Å². The molecule has 0 heterocycles. The number of rotatable bonds is 7. The molecule has 0 radical (unpaired) electrons. The summed E-state index contributed by atoms with van der Waals surface area (Å²) in [6.45, 7) is 0.701. The molecule has 0 spiro atoms. The van der Waals surface area contributed by atoms with Crippen molar-refractivity contribution in [3.63, 3.8) is 0 Å². The smallest absolute Gasteiger partial charge is 0.376 e. The summed E-state index contributed by atoms with van der Waals surface area (Å²) in [6, 6.07) is 6.50. The van der Waals surface area contributed by atoms with Gasteiger partial charge in [0.05, 0.1) is 19.6 Å². The van der Waals surface area contributed by atoms with Crippen LogP contribution in [0.5, 0.6) is 0 Å². The summed E-state index contributed by atoms with van der Waals surface area (Å²) >= 11 is 3.43. The number of hydrogen-bond acceptors (Lipinski definition) is 2. The Bertz CT molecular complexity index is 447. The van der Waals surface area contributed by atoms with Crippen LogP contribution in [0.4, 0.5) is 13.2 Å². The monoisotopic (exact) mass is 351 g/mol. The maximum absolute atomic E-state index is 12.0. The predicted molar refractivity (Wildman–Crippen MR) is 74.3 cm³/mol. The largest absolute Gasteiger partial charge is 0.391 e. The number of ether oxygens (including phenoxy) is 1. The molecule has 1 N–H and O–H groups in total. The number of halogens is 4. The van der Waals surface area contributed by atoms with E-state index in [1.807, 2.05) is 18.2 Å². The van der Waals surface area contributed by atoms with Gasteiger partial charge in [-0.15, -0.1) is 0 Å². The van der Waals surface area contributed by atoms with Crippen molar-refractivity contribution in [2.45, 2.75) is 44.6 Å². The molecule has 0 unspecified atom stereocenters. The number of benzene rings is 1. The number of nitrogens with one attached hydrogen (secondary N) is 1. The van der Waals surface area contributed by atoms with E-state index in [1.54, 1.807) is 0 Å². The summed E-state index contributed by atoms with van der Waals surface area (Å²) in [5, 5.41) is 3.41. The Morgan fingerprint density at radius 3 is 2.65 bits per heavy atom. The van der Waals surface area contributed by atoms with E-state index >= 15 is 0 Å². The summed E-state index contributed by atoms with van der Waals surface area (Å²) in [5.41, 5.74) is 2.02. The van der Waals surface area contributed by atoms with Crippen LogP contribution in [0.15, 0.2) is 22.7 Å². The minimum absolute atomic E-state index is 0.187. The molecule has 0 aliphatic heterocycles. The van der Waals surface area contributed by atoms with Crippen molar-refractivity contribution in [2.75, 3.05) is 6.61 Å². The average Bonchev–Trinajstić information content (AvgIpc) is 3.17. The molecule has 0 bridgehead atoms. The summed E-state index contributed by atoms with van der Waals surface area (Å²) in [6.07, 6.45) is -2.58. The molecule has 0 atom stereocenters. The summed E-state index contributed by atoms with van der Waals surface area (Å²) in [4.78, 5) is 0. The van der Waals surface area contributed by atoms with E-state index in [-0.39, 0.29) is 13.2 Å². The molecule has 1 aromatic carbocycles. The van der Waals surface area contributed by atoms with Gasteiger partial charge in [-0.1, -0.05) is 28.1 Å².